The molecule has 9 heteroatoms. The zero-order valence-corrected chi connectivity index (χ0v) is 17.6. The summed E-state index contributed by atoms with van der Waals surface area (Å²) in [6.45, 7) is 4.68. The van der Waals surface area contributed by atoms with Gasteiger partial charge in [0.05, 0.1) is 13.7 Å². The van der Waals surface area contributed by atoms with E-state index in [-0.39, 0.29) is 35.5 Å². The molecule has 5 nitrogen and oxygen atoms in total. The highest BCUT2D eigenvalue weighted by molar-refractivity contribution is 14.0. The third-order valence-corrected chi connectivity index (χ3v) is 3.21. The van der Waals surface area contributed by atoms with E-state index in [9.17, 15) is 13.2 Å². The van der Waals surface area contributed by atoms with Crippen molar-refractivity contribution in [2.75, 3.05) is 26.8 Å². The lowest BCUT2D eigenvalue weighted by Gasteiger charge is -2.14. The number of aliphatic imine (C=N–C) groups is 1. The first-order valence-electron chi connectivity index (χ1n) is 8.28. The molecule has 2 N–H and O–H groups in total. The summed E-state index contributed by atoms with van der Waals surface area (Å²) in [5.41, 5.74) is 0.809. The number of rotatable bonds is 9. The number of halogens is 4. The van der Waals surface area contributed by atoms with Gasteiger partial charge in [-0.15, -0.1) is 24.0 Å². The maximum Gasteiger partial charge on any atom is 0.422 e. The molecule has 0 aromatic heterocycles. The lowest BCUT2D eigenvalue weighted by molar-refractivity contribution is -0.153. The molecular formula is C17H27F3IN3O2. The van der Waals surface area contributed by atoms with Crippen molar-refractivity contribution >= 4 is 29.9 Å². The van der Waals surface area contributed by atoms with Crippen LogP contribution in [0.15, 0.2) is 23.2 Å². The number of nitrogens with one attached hydrogen (secondary N) is 2. The van der Waals surface area contributed by atoms with Gasteiger partial charge in [0.2, 0.25) is 0 Å². The Balaban J connectivity index is 0.00000625. The molecule has 0 heterocycles. The van der Waals surface area contributed by atoms with Crippen molar-refractivity contribution in [1.82, 2.24) is 10.6 Å². The zero-order valence-electron chi connectivity index (χ0n) is 15.3. The first kappa shape index (κ1) is 24.6. The number of guanidine groups is 1. The summed E-state index contributed by atoms with van der Waals surface area (Å²) < 4.78 is 46.7. The molecule has 0 aliphatic heterocycles. The van der Waals surface area contributed by atoms with E-state index in [4.69, 9.17) is 9.47 Å². The Morgan fingerprint density at radius 1 is 1.15 bits per heavy atom. The number of benzene rings is 1. The van der Waals surface area contributed by atoms with Crippen LogP contribution in [0.2, 0.25) is 0 Å². The predicted octanol–water partition coefficient (Wildman–Crippen LogP) is 4.11. The van der Waals surface area contributed by atoms with E-state index < -0.39 is 12.8 Å². The summed E-state index contributed by atoms with van der Waals surface area (Å²) in [6, 6.07) is 4.77. The van der Waals surface area contributed by atoms with Crippen LogP contribution >= 0.6 is 24.0 Å². The first-order valence-corrected chi connectivity index (χ1v) is 8.28. The van der Waals surface area contributed by atoms with Crippen LogP contribution < -0.4 is 20.1 Å². The number of ether oxygens (including phenoxy) is 2. The fraction of sp³-hybridized carbons (Fsp3) is 0.588. The van der Waals surface area contributed by atoms with Gasteiger partial charge in [0.15, 0.2) is 24.1 Å². The molecule has 1 rings (SSSR count). The van der Waals surface area contributed by atoms with Crippen LogP contribution in [0.4, 0.5) is 13.2 Å². The van der Waals surface area contributed by atoms with E-state index in [0.717, 1.165) is 31.5 Å². The monoisotopic (exact) mass is 489 g/mol. The number of hydrogen-bond acceptors (Lipinski definition) is 3. The van der Waals surface area contributed by atoms with Crippen molar-refractivity contribution in [2.24, 2.45) is 4.99 Å². The Labute approximate surface area is 169 Å². The third-order valence-electron chi connectivity index (χ3n) is 3.21. The molecule has 0 amide bonds. The molecule has 150 valence electrons. The topological polar surface area (TPSA) is 54.9 Å². The van der Waals surface area contributed by atoms with Gasteiger partial charge in [-0.25, -0.2) is 4.99 Å². The van der Waals surface area contributed by atoms with E-state index in [1.54, 1.807) is 12.1 Å². The Kier molecular flexibility index (Phi) is 12.2. The Morgan fingerprint density at radius 3 is 2.46 bits per heavy atom. The summed E-state index contributed by atoms with van der Waals surface area (Å²) in [5.74, 6) is 1.01. The van der Waals surface area contributed by atoms with Crippen LogP contribution in [0.3, 0.4) is 0 Å². The fourth-order valence-electron chi connectivity index (χ4n) is 1.98. The highest BCUT2D eigenvalue weighted by Gasteiger charge is 2.29. The van der Waals surface area contributed by atoms with Crippen LogP contribution in [-0.2, 0) is 6.54 Å². The predicted molar refractivity (Wildman–Crippen MR) is 108 cm³/mol. The molecule has 0 aliphatic carbocycles. The maximum atomic E-state index is 12.3. The normalized spacial score (nSPS) is 11.5. The van der Waals surface area contributed by atoms with E-state index >= 15 is 0 Å². The largest absolute Gasteiger partial charge is 0.493 e. The standard InChI is InChI=1S/C17H26F3N3O2.HI/c1-4-6-9-22-16(21-5-2)23-11-13-7-8-14(15(10-13)24-3)25-12-17(18,19)20;/h7-8,10H,4-6,9,11-12H2,1-3H3,(H2,21,22,23);1H. The summed E-state index contributed by atoms with van der Waals surface area (Å²) in [6.07, 6.45) is -2.26. The average molecular weight is 489 g/mol. The number of methoxy groups -OCH3 is 1. The van der Waals surface area contributed by atoms with Gasteiger partial charge in [-0.1, -0.05) is 19.4 Å². The summed E-state index contributed by atoms with van der Waals surface area (Å²) in [5, 5.41) is 6.37. The van der Waals surface area contributed by atoms with Gasteiger partial charge in [-0.3, -0.25) is 0 Å². The molecule has 1 aromatic rings. The van der Waals surface area contributed by atoms with Crippen LogP contribution in [0.1, 0.15) is 32.3 Å². The zero-order chi connectivity index (χ0) is 18.7. The third kappa shape index (κ3) is 9.93. The minimum Gasteiger partial charge on any atom is -0.493 e. The Morgan fingerprint density at radius 2 is 1.88 bits per heavy atom. The first-order chi connectivity index (χ1) is 11.9. The minimum absolute atomic E-state index is 0. The average Bonchev–Trinajstić information content (AvgIpc) is 2.57. The van der Waals surface area contributed by atoms with Gasteiger partial charge in [0.1, 0.15) is 0 Å². The molecule has 0 saturated heterocycles. The number of unbranched alkanes of at least 4 members (excludes halogenated alkanes) is 1. The van der Waals surface area contributed by atoms with E-state index in [1.807, 2.05) is 6.92 Å². The van der Waals surface area contributed by atoms with Gasteiger partial charge >= 0.3 is 6.18 Å². The lowest BCUT2D eigenvalue weighted by Crippen LogP contribution is -2.37. The van der Waals surface area contributed by atoms with Gasteiger partial charge in [-0.05, 0) is 31.0 Å². The van der Waals surface area contributed by atoms with Crippen molar-refractivity contribution in [3.05, 3.63) is 23.8 Å². The summed E-state index contributed by atoms with van der Waals surface area (Å²) in [4.78, 5) is 4.46. The highest BCUT2D eigenvalue weighted by Crippen LogP contribution is 2.30. The van der Waals surface area contributed by atoms with Crippen LogP contribution in [0, 0.1) is 0 Å². The molecule has 0 spiro atoms. The number of hydrogen-bond donors (Lipinski definition) is 2. The lowest BCUT2D eigenvalue weighted by atomic mass is 10.2. The Bertz CT molecular complexity index is 555. The van der Waals surface area contributed by atoms with Gasteiger partial charge in [0, 0.05) is 13.1 Å². The van der Waals surface area contributed by atoms with Gasteiger partial charge in [0.25, 0.3) is 0 Å². The number of alkyl halides is 3. The molecule has 0 unspecified atom stereocenters. The molecule has 0 saturated carbocycles. The molecular weight excluding hydrogens is 462 g/mol. The van der Waals surface area contributed by atoms with Crippen molar-refractivity contribution in [3.8, 4) is 11.5 Å². The van der Waals surface area contributed by atoms with Crippen molar-refractivity contribution in [1.29, 1.82) is 0 Å². The van der Waals surface area contributed by atoms with Crippen molar-refractivity contribution in [2.45, 2.75) is 39.4 Å². The second-order valence-corrected chi connectivity index (χ2v) is 5.36. The molecule has 0 radical (unpaired) electrons. The maximum absolute atomic E-state index is 12.3. The Hall–Kier alpha value is -1.39. The van der Waals surface area contributed by atoms with Crippen molar-refractivity contribution in [3.63, 3.8) is 0 Å². The number of nitrogens with zero attached hydrogens (tertiary/aromatic N) is 1. The van der Waals surface area contributed by atoms with Crippen molar-refractivity contribution < 1.29 is 22.6 Å². The quantitative estimate of drug-likeness (QED) is 0.237. The molecule has 26 heavy (non-hydrogen) atoms. The second-order valence-electron chi connectivity index (χ2n) is 5.36. The van der Waals surface area contributed by atoms with Crippen LogP contribution in [0.5, 0.6) is 11.5 Å². The second kappa shape index (κ2) is 12.9. The van der Waals surface area contributed by atoms with Crippen LogP contribution in [-0.4, -0.2) is 38.9 Å². The molecule has 1 aromatic carbocycles. The van der Waals surface area contributed by atoms with E-state index in [2.05, 4.69) is 22.5 Å². The summed E-state index contributed by atoms with van der Waals surface area (Å²) >= 11 is 0. The molecule has 0 aliphatic rings. The highest BCUT2D eigenvalue weighted by atomic mass is 127. The molecule has 0 fully saturated rings. The SMILES string of the molecule is CCCCNC(=NCc1ccc(OCC(F)(F)F)c(OC)c1)NCC.I. The summed E-state index contributed by atoms with van der Waals surface area (Å²) in [7, 11) is 1.39. The molecule has 0 atom stereocenters. The van der Waals surface area contributed by atoms with Gasteiger partial charge < -0.3 is 20.1 Å². The fourth-order valence-corrected chi connectivity index (χ4v) is 1.98. The molecule has 0 bridgehead atoms. The van der Waals surface area contributed by atoms with Crippen LogP contribution in [0.25, 0.3) is 0 Å². The minimum atomic E-state index is -4.39. The van der Waals surface area contributed by atoms with Gasteiger partial charge in [-0.2, -0.15) is 13.2 Å². The van der Waals surface area contributed by atoms with E-state index in [1.165, 1.54) is 13.2 Å². The van der Waals surface area contributed by atoms with E-state index in [0.29, 0.717) is 12.5 Å². The smallest absolute Gasteiger partial charge is 0.422 e.